The minimum Gasteiger partial charge on any atom is -0.353 e. The van der Waals surface area contributed by atoms with Gasteiger partial charge in [-0.25, -0.2) is 9.97 Å². The van der Waals surface area contributed by atoms with Gasteiger partial charge < -0.3 is 10.2 Å². The summed E-state index contributed by atoms with van der Waals surface area (Å²) in [4.78, 5) is 10.9. The number of hydrogen-bond acceptors (Lipinski definition) is 4. The van der Waals surface area contributed by atoms with Gasteiger partial charge in [-0.2, -0.15) is 0 Å². The van der Waals surface area contributed by atoms with Gasteiger partial charge in [0.25, 0.3) is 0 Å². The highest BCUT2D eigenvalue weighted by molar-refractivity contribution is 6.30. The minimum atomic E-state index is 0.620. The summed E-state index contributed by atoms with van der Waals surface area (Å²) in [6.45, 7) is 1.79. The van der Waals surface area contributed by atoms with Crippen LogP contribution in [0.2, 0.25) is 5.15 Å². The van der Waals surface area contributed by atoms with E-state index in [1.54, 1.807) is 0 Å². The predicted octanol–water partition coefficient (Wildman–Crippen LogP) is 1.59. The first-order valence-corrected chi connectivity index (χ1v) is 5.98. The molecule has 0 saturated carbocycles. The van der Waals surface area contributed by atoms with E-state index in [-0.39, 0.29) is 0 Å². The van der Waals surface area contributed by atoms with Crippen LogP contribution in [0.15, 0.2) is 0 Å². The summed E-state index contributed by atoms with van der Waals surface area (Å²) < 4.78 is 0. The molecule has 0 amide bonds. The summed E-state index contributed by atoms with van der Waals surface area (Å²) in [5.41, 5.74) is 2.26. The third kappa shape index (κ3) is 2.62. The van der Waals surface area contributed by atoms with Gasteiger partial charge >= 0.3 is 0 Å². The number of hydrogen-bond donors (Lipinski definition) is 1. The fourth-order valence-corrected chi connectivity index (χ4v) is 2.14. The monoisotopic (exact) mass is 240 g/mol. The number of anilines is 1. The zero-order chi connectivity index (χ0) is 11.5. The largest absolute Gasteiger partial charge is 0.353 e. The van der Waals surface area contributed by atoms with E-state index in [9.17, 15) is 0 Å². The zero-order valence-electron chi connectivity index (χ0n) is 9.76. The molecule has 88 valence electrons. The van der Waals surface area contributed by atoms with Crippen molar-refractivity contribution in [3.8, 4) is 0 Å². The van der Waals surface area contributed by atoms with Crippen molar-refractivity contribution in [2.75, 3.05) is 32.5 Å². The van der Waals surface area contributed by atoms with E-state index in [1.807, 2.05) is 14.1 Å². The van der Waals surface area contributed by atoms with Crippen molar-refractivity contribution in [2.24, 2.45) is 0 Å². The summed E-state index contributed by atoms with van der Waals surface area (Å²) >= 11 is 6.11. The number of fused-ring (bicyclic) bond motifs is 1. The first-order valence-electron chi connectivity index (χ1n) is 5.60. The Kier molecular flexibility index (Phi) is 3.61. The summed E-state index contributed by atoms with van der Waals surface area (Å²) in [6.07, 6.45) is 3.19. The fourth-order valence-electron chi connectivity index (χ4n) is 1.86. The smallest absolute Gasteiger partial charge is 0.224 e. The fraction of sp³-hybridized carbons (Fsp3) is 0.636. The average Bonchev–Trinajstić information content (AvgIpc) is 2.65. The molecule has 1 aliphatic rings. The molecule has 1 heterocycles. The van der Waals surface area contributed by atoms with Crippen LogP contribution in [-0.2, 0) is 12.8 Å². The van der Waals surface area contributed by atoms with Gasteiger partial charge in [-0.05, 0) is 33.4 Å². The number of nitrogens with one attached hydrogen (secondary N) is 1. The van der Waals surface area contributed by atoms with Crippen molar-refractivity contribution in [1.82, 2.24) is 14.9 Å². The second-order valence-corrected chi connectivity index (χ2v) is 4.70. The van der Waals surface area contributed by atoms with Gasteiger partial charge in [0.1, 0.15) is 5.15 Å². The average molecular weight is 241 g/mol. The summed E-state index contributed by atoms with van der Waals surface area (Å²) in [5, 5.41) is 3.82. The van der Waals surface area contributed by atoms with Gasteiger partial charge in [-0.15, -0.1) is 0 Å². The number of aromatic nitrogens is 2. The molecular formula is C11H17ClN4. The highest BCUT2D eigenvalue weighted by Gasteiger charge is 2.17. The van der Waals surface area contributed by atoms with Crippen LogP contribution >= 0.6 is 11.6 Å². The van der Waals surface area contributed by atoms with Gasteiger partial charge in [-0.1, -0.05) is 11.6 Å². The Bertz CT molecular complexity index is 378. The molecule has 0 aromatic carbocycles. The van der Waals surface area contributed by atoms with Crippen molar-refractivity contribution >= 4 is 17.5 Å². The lowest BCUT2D eigenvalue weighted by Gasteiger charge is -2.11. The third-order valence-electron chi connectivity index (χ3n) is 2.72. The lowest BCUT2D eigenvalue weighted by Crippen LogP contribution is -2.21. The SMILES string of the molecule is CN(C)CCNc1nc(Cl)c2c(n1)CCC2. The van der Waals surface area contributed by atoms with Crippen LogP contribution in [0.5, 0.6) is 0 Å². The Balaban J connectivity index is 2.03. The van der Waals surface area contributed by atoms with Crippen LogP contribution in [0.1, 0.15) is 17.7 Å². The number of rotatable bonds is 4. The van der Waals surface area contributed by atoms with Crippen molar-refractivity contribution in [3.05, 3.63) is 16.4 Å². The Morgan fingerprint density at radius 3 is 2.88 bits per heavy atom. The third-order valence-corrected chi connectivity index (χ3v) is 3.04. The van der Waals surface area contributed by atoms with E-state index >= 15 is 0 Å². The van der Waals surface area contributed by atoms with E-state index in [2.05, 4.69) is 20.2 Å². The molecule has 0 radical (unpaired) electrons. The van der Waals surface area contributed by atoms with E-state index in [0.717, 1.165) is 43.6 Å². The molecule has 4 nitrogen and oxygen atoms in total. The van der Waals surface area contributed by atoms with Crippen molar-refractivity contribution in [3.63, 3.8) is 0 Å². The van der Waals surface area contributed by atoms with Crippen molar-refractivity contribution < 1.29 is 0 Å². The van der Waals surface area contributed by atoms with E-state index in [0.29, 0.717) is 11.1 Å². The maximum absolute atomic E-state index is 6.11. The zero-order valence-corrected chi connectivity index (χ0v) is 10.5. The molecule has 1 aromatic heterocycles. The molecule has 5 heteroatoms. The van der Waals surface area contributed by atoms with Gasteiger partial charge in [-0.3, -0.25) is 0 Å². The number of nitrogens with zero attached hydrogens (tertiary/aromatic N) is 3. The van der Waals surface area contributed by atoms with Crippen LogP contribution in [-0.4, -0.2) is 42.1 Å². The van der Waals surface area contributed by atoms with Crippen LogP contribution in [0.4, 0.5) is 5.95 Å². The molecular weight excluding hydrogens is 224 g/mol. The first kappa shape index (κ1) is 11.6. The van der Waals surface area contributed by atoms with Crippen LogP contribution in [0.3, 0.4) is 0 Å². The molecule has 0 bridgehead atoms. The first-order chi connectivity index (χ1) is 7.66. The van der Waals surface area contributed by atoms with Crippen LogP contribution < -0.4 is 5.32 Å². The molecule has 0 fully saturated rings. The molecule has 2 rings (SSSR count). The lowest BCUT2D eigenvalue weighted by atomic mass is 10.3. The topological polar surface area (TPSA) is 41.0 Å². The Morgan fingerprint density at radius 1 is 1.31 bits per heavy atom. The van der Waals surface area contributed by atoms with Crippen molar-refractivity contribution in [2.45, 2.75) is 19.3 Å². The summed E-state index contributed by atoms with van der Waals surface area (Å²) in [5.74, 6) is 0.660. The van der Waals surface area contributed by atoms with Crippen LogP contribution in [0, 0.1) is 0 Å². The lowest BCUT2D eigenvalue weighted by molar-refractivity contribution is 0.425. The van der Waals surface area contributed by atoms with Crippen LogP contribution in [0.25, 0.3) is 0 Å². The minimum absolute atomic E-state index is 0.620. The Morgan fingerprint density at radius 2 is 2.12 bits per heavy atom. The maximum atomic E-state index is 6.11. The second kappa shape index (κ2) is 4.97. The molecule has 0 aliphatic heterocycles. The summed E-state index contributed by atoms with van der Waals surface area (Å²) in [6, 6.07) is 0. The summed E-state index contributed by atoms with van der Waals surface area (Å²) in [7, 11) is 4.08. The van der Waals surface area contributed by atoms with Gasteiger partial charge in [0.2, 0.25) is 5.95 Å². The molecule has 0 spiro atoms. The number of halogens is 1. The normalized spacial score (nSPS) is 14.2. The highest BCUT2D eigenvalue weighted by atomic mass is 35.5. The molecule has 16 heavy (non-hydrogen) atoms. The van der Waals surface area contributed by atoms with Crippen molar-refractivity contribution in [1.29, 1.82) is 0 Å². The molecule has 0 unspecified atom stereocenters. The second-order valence-electron chi connectivity index (χ2n) is 4.35. The molecule has 1 aliphatic carbocycles. The Hall–Kier alpha value is -0.870. The molecule has 0 atom stereocenters. The standard InChI is InChI=1S/C11H17ClN4/c1-16(2)7-6-13-11-14-9-5-3-4-8(9)10(12)15-11/h3-7H2,1-2H3,(H,13,14,15). The molecule has 0 saturated heterocycles. The van der Waals surface area contributed by atoms with E-state index in [1.165, 1.54) is 0 Å². The van der Waals surface area contributed by atoms with Gasteiger partial charge in [0, 0.05) is 18.7 Å². The maximum Gasteiger partial charge on any atom is 0.224 e. The Labute approximate surface area is 101 Å². The van der Waals surface area contributed by atoms with E-state index in [4.69, 9.17) is 11.6 Å². The number of aryl methyl sites for hydroxylation is 1. The van der Waals surface area contributed by atoms with E-state index < -0.39 is 0 Å². The van der Waals surface area contributed by atoms with Gasteiger partial charge in [0.15, 0.2) is 0 Å². The predicted molar refractivity (Wildman–Crippen MR) is 66.1 cm³/mol. The highest BCUT2D eigenvalue weighted by Crippen LogP contribution is 2.26. The quantitative estimate of drug-likeness (QED) is 0.812. The molecule has 1 aromatic rings. The molecule has 1 N–H and O–H groups in total. The number of likely N-dealkylation sites (N-methyl/N-ethyl adjacent to an activating group) is 1. The van der Waals surface area contributed by atoms with Gasteiger partial charge in [0.05, 0.1) is 5.69 Å².